The van der Waals surface area contributed by atoms with Crippen LogP contribution in [0.1, 0.15) is 6.92 Å². The van der Waals surface area contributed by atoms with Crippen molar-refractivity contribution in [3.63, 3.8) is 0 Å². The molecule has 0 saturated heterocycles. The van der Waals surface area contributed by atoms with E-state index in [-0.39, 0.29) is 5.81 Å². The maximum Gasteiger partial charge on any atom is 0.215 e. The van der Waals surface area contributed by atoms with Gasteiger partial charge in [0.15, 0.2) is 5.81 Å². The summed E-state index contributed by atoms with van der Waals surface area (Å²) in [5, 5.41) is 2.57. The molecule has 0 unspecified atom stereocenters. The lowest BCUT2D eigenvalue weighted by Crippen LogP contribution is -2.20. The summed E-state index contributed by atoms with van der Waals surface area (Å²) in [5.74, 6) is 0.0394. The molecule has 0 radical (unpaired) electrons. The topological polar surface area (TPSA) is 29.1 Å². The van der Waals surface area contributed by atoms with Crippen LogP contribution in [0.5, 0.6) is 0 Å². The van der Waals surface area contributed by atoms with Gasteiger partial charge in [-0.3, -0.25) is 4.79 Å². The number of amides is 1. The zero-order chi connectivity index (χ0) is 4.99. The number of nitrogens with one attached hydrogen (secondary N) is 1. The van der Waals surface area contributed by atoms with Crippen molar-refractivity contribution in [3.8, 4) is 0 Å². The molecular formula is C3H8BNO. The van der Waals surface area contributed by atoms with Gasteiger partial charge in [0.05, 0.1) is 0 Å². The zero-order valence-electron chi connectivity index (χ0n) is 4.12. The molecule has 0 aromatic rings. The molecule has 0 atom stereocenters. The Labute approximate surface area is 38.3 Å². The molecule has 0 saturated carbocycles. The van der Waals surface area contributed by atoms with E-state index in [0.29, 0.717) is 0 Å². The van der Waals surface area contributed by atoms with E-state index < -0.39 is 0 Å². The summed E-state index contributed by atoms with van der Waals surface area (Å²) in [5.41, 5.74) is 0. The van der Waals surface area contributed by atoms with Crippen LogP contribution in [0.15, 0.2) is 0 Å². The molecule has 0 fully saturated rings. The highest BCUT2D eigenvalue weighted by molar-refractivity contribution is 6.57. The molecular weight excluding hydrogens is 76.9 g/mol. The van der Waals surface area contributed by atoms with Crippen LogP contribution in [0.25, 0.3) is 0 Å². The third kappa shape index (κ3) is 3.53. The first-order valence-electron chi connectivity index (χ1n) is 2.01. The normalized spacial score (nSPS) is 7.50. The van der Waals surface area contributed by atoms with Crippen molar-refractivity contribution >= 4 is 13.7 Å². The minimum Gasteiger partial charge on any atom is -0.366 e. The van der Waals surface area contributed by atoms with Crippen molar-refractivity contribution in [1.29, 1.82) is 0 Å². The summed E-state index contributed by atoms with van der Waals surface area (Å²) < 4.78 is 0. The number of carbonyl (C=O) groups is 1. The number of hydrogen-bond donors (Lipinski definition) is 1. The van der Waals surface area contributed by atoms with Gasteiger partial charge in [0.1, 0.15) is 0 Å². The van der Waals surface area contributed by atoms with Gasteiger partial charge in [0.2, 0.25) is 7.85 Å². The molecule has 0 aliphatic heterocycles. The third-order valence-corrected chi connectivity index (χ3v) is 0.426. The van der Waals surface area contributed by atoms with Crippen LogP contribution >= 0.6 is 0 Å². The number of hydrogen-bond acceptors (Lipinski definition) is 1. The van der Waals surface area contributed by atoms with Crippen LogP contribution in [0.4, 0.5) is 4.79 Å². The summed E-state index contributed by atoms with van der Waals surface area (Å²) in [6.07, 6.45) is 0. The van der Waals surface area contributed by atoms with Gasteiger partial charge < -0.3 is 5.32 Å². The van der Waals surface area contributed by atoms with Crippen LogP contribution < -0.4 is 5.32 Å². The second-order valence-corrected chi connectivity index (χ2v) is 1.09. The highest BCUT2D eigenvalue weighted by Crippen LogP contribution is 1.53. The van der Waals surface area contributed by atoms with Gasteiger partial charge in [0.25, 0.3) is 0 Å². The second kappa shape index (κ2) is 2.76. The molecule has 1 amide bonds. The van der Waals surface area contributed by atoms with E-state index in [1.165, 1.54) is 7.85 Å². The van der Waals surface area contributed by atoms with E-state index in [1.807, 2.05) is 6.92 Å². The predicted octanol–water partition coefficient (Wildman–Crippen LogP) is -0.651. The number of rotatable bonds is 1. The van der Waals surface area contributed by atoms with E-state index >= 15 is 0 Å². The first-order valence-corrected chi connectivity index (χ1v) is 2.01. The molecule has 0 aromatic carbocycles. The van der Waals surface area contributed by atoms with Crippen molar-refractivity contribution in [2.75, 3.05) is 6.54 Å². The molecule has 2 nitrogen and oxygen atoms in total. The van der Waals surface area contributed by atoms with E-state index in [1.54, 1.807) is 0 Å². The fourth-order valence-corrected chi connectivity index (χ4v) is 0.249. The standard InChI is InChI=1S/C3H8BNO/c1-2-5-3(4)6/h2,4H2,1H3,(H,5,6). The van der Waals surface area contributed by atoms with E-state index in [9.17, 15) is 4.79 Å². The van der Waals surface area contributed by atoms with Crippen LogP contribution in [-0.4, -0.2) is 20.2 Å². The van der Waals surface area contributed by atoms with Gasteiger partial charge in [-0.1, -0.05) is 0 Å². The highest BCUT2D eigenvalue weighted by atomic mass is 16.1. The predicted molar refractivity (Wildman–Crippen MR) is 27.6 cm³/mol. The van der Waals surface area contributed by atoms with Gasteiger partial charge in [-0.15, -0.1) is 0 Å². The molecule has 1 N–H and O–H groups in total. The summed E-state index contributed by atoms with van der Waals surface area (Å²) in [6.45, 7) is 2.62. The van der Waals surface area contributed by atoms with E-state index in [0.717, 1.165) is 6.54 Å². The minimum absolute atomic E-state index is 0.0394. The Morgan fingerprint density at radius 2 is 2.50 bits per heavy atom. The monoisotopic (exact) mass is 85.1 g/mol. The smallest absolute Gasteiger partial charge is 0.215 e. The lowest BCUT2D eigenvalue weighted by Gasteiger charge is -1.89. The lowest BCUT2D eigenvalue weighted by molar-refractivity contribution is 0.260. The molecule has 6 heavy (non-hydrogen) atoms. The van der Waals surface area contributed by atoms with Crippen molar-refractivity contribution < 1.29 is 4.79 Å². The van der Waals surface area contributed by atoms with Crippen LogP contribution in [-0.2, 0) is 0 Å². The third-order valence-electron chi connectivity index (χ3n) is 0.426. The van der Waals surface area contributed by atoms with Gasteiger partial charge in [0, 0.05) is 6.54 Å². The van der Waals surface area contributed by atoms with Crippen molar-refractivity contribution in [1.82, 2.24) is 5.32 Å². The Morgan fingerprint density at radius 1 is 2.00 bits per heavy atom. The fourth-order valence-electron chi connectivity index (χ4n) is 0.249. The maximum atomic E-state index is 9.93. The summed E-state index contributed by atoms with van der Waals surface area (Å²) in [4.78, 5) is 9.93. The average molecular weight is 84.9 g/mol. The van der Waals surface area contributed by atoms with Crippen LogP contribution in [0.3, 0.4) is 0 Å². The average Bonchev–Trinajstić information content (AvgIpc) is 1.35. The molecule has 0 aliphatic carbocycles. The summed E-state index contributed by atoms with van der Waals surface area (Å²) in [7, 11) is 1.50. The molecule has 34 valence electrons. The highest BCUT2D eigenvalue weighted by Gasteiger charge is 1.79. The van der Waals surface area contributed by atoms with Gasteiger partial charge >= 0.3 is 0 Å². The van der Waals surface area contributed by atoms with E-state index in [2.05, 4.69) is 5.32 Å². The first kappa shape index (κ1) is 5.53. The van der Waals surface area contributed by atoms with Gasteiger partial charge in [-0.25, -0.2) is 0 Å². The summed E-state index contributed by atoms with van der Waals surface area (Å²) >= 11 is 0. The second-order valence-electron chi connectivity index (χ2n) is 1.09. The largest absolute Gasteiger partial charge is 0.366 e. The number of carbonyl (C=O) groups excluding carboxylic acids is 1. The quantitative estimate of drug-likeness (QED) is 0.421. The molecule has 0 rings (SSSR count). The van der Waals surface area contributed by atoms with Gasteiger partial charge in [-0.05, 0) is 6.92 Å². The molecule has 0 spiro atoms. The Balaban J connectivity index is 2.83. The Hall–Kier alpha value is -0.465. The molecule has 0 heterocycles. The van der Waals surface area contributed by atoms with Crippen LogP contribution in [0, 0.1) is 0 Å². The van der Waals surface area contributed by atoms with Crippen LogP contribution in [0.2, 0.25) is 0 Å². The SMILES string of the molecule is BC(=O)NCC. The lowest BCUT2D eigenvalue weighted by atomic mass is 10.1. The zero-order valence-corrected chi connectivity index (χ0v) is 4.12. The molecule has 0 aromatic heterocycles. The fraction of sp³-hybridized carbons (Fsp3) is 0.667. The minimum atomic E-state index is 0.0394. The summed E-state index contributed by atoms with van der Waals surface area (Å²) in [6, 6.07) is 0. The van der Waals surface area contributed by atoms with Crippen molar-refractivity contribution in [2.45, 2.75) is 6.92 Å². The Kier molecular flexibility index (Phi) is 2.54. The Morgan fingerprint density at radius 3 is 2.50 bits per heavy atom. The van der Waals surface area contributed by atoms with Crippen molar-refractivity contribution in [3.05, 3.63) is 0 Å². The molecule has 0 aliphatic rings. The molecule has 0 bridgehead atoms. The molecule has 3 heteroatoms. The maximum absolute atomic E-state index is 9.93. The van der Waals surface area contributed by atoms with Crippen molar-refractivity contribution in [2.24, 2.45) is 0 Å². The van der Waals surface area contributed by atoms with Gasteiger partial charge in [-0.2, -0.15) is 0 Å². The first-order chi connectivity index (χ1) is 2.77. The Bertz CT molecular complexity index is 54.8. The van der Waals surface area contributed by atoms with E-state index in [4.69, 9.17) is 0 Å².